The molecule has 2 aliphatic rings. The molecule has 3 rings (SSSR count). The Morgan fingerprint density at radius 2 is 2.00 bits per heavy atom. The number of imide groups is 1. The van der Waals surface area contributed by atoms with Crippen LogP contribution in [0.2, 0.25) is 0 Å². The van der Waals surface area contributed by atoms with Crippen LogP contribution in [-0.2, 0) is 16.1 Å². The monoisotopic (exact) mass is 343 g/mol. The molecular weight excluding hydrogens is 318 g/mol. The molecule has 0 radical (unpaired) electrons. The van der Waals surface area contributed by atoms with Gasteiger partial charge in [0.05, 0.1) is 0 Å². The van der Waals surface area contributed by atoms with Crippen LogP contribution < -0.4 is 5.32 Å². The van der Waals surface area contributed by atoms with Gasteiger partial charge in [-0.25, -0.2) is 4.79 Å². The maximum absolute atomic E-state index is 12.9. The number of likely N-dealkylation sites (N-methyl/N-ethyl adjacent to an activating group) is 1. The van der Waals surface area contributed by atoms with Crippen LogP contribution in [0.1, 0.15) is 38.2 Å². The lowest BCUT2D eigenvalue weighted by Gasteiger charge is -2.36. The van der Waals surface area contributed by atoms with Crippen molar-refractivity contribution in [3.63, 3.8) is 0 Å². The molecule has 6 heteroatoms. The summed E-state index contributed by atoms with van der Waals surface area (Å²) < 4.78 is 0. The predicted molar refractivity (Wildman–Crippen MR) is 93.5 cm³/mol. The van der Waals surface area contributed by atoms with Crippen LogP contribution >= 0.6 is 0 Å². The Kier molecular flexibility index (Phi) is 4.79. The molecule has 1 aliphatic carbocycles. The normalized spacial score (nSPS) is 26.0. The topological polar surface area (TPSA) is 69.7 Å². The first-order chi connectivity index (χ1) is 11.9. The van der Waals surface area contributed by atoms with Crippen molar-refractivity contribution in [3.8, 4) is 0 Å². The molecule has 1 aromatic carbocycles. The van der Waals surface area contributed by atoms with E-state index < -0.39 is 11.6 Å². The van der Waals surface area contributed by atoms with E-state index in [1.807, 2.05) is 37.3 Å². The average molecular weight is 343 g/mol. The fourth-order valence-electron chi connectivity index (χ4n) is 3.84. The Hall–Kier alpha value is -2.37. The summed E-state index contributed by atoms with van der Waals surface area (Å²) in [6.07, 6.45) is 3.57. The van der Waals surface area contributed by atoms with Crippen LogP contribution in [-0.4, -0.2) is 46.8 Å². The van der Waals surface area contributed by atoms with E-state index in [0.29, 0.717) is 13.0 Å². The molecule has 0 aromatic heterocycles. The number of nitrogens with one attached hydrogen (secondary N) is 1. The first-order valence-electron chi connectivity index (χ1n) is 8.86. The molecule has 1 saturated heterocycles. The third kappa shape index (κ3) is 3.25. The van der Waals surface area contributed by atoms with Crippen LogP contribution in [0, 0.1) is 5.92 Å². The van der Waals surface area contributed by atoms with Crippen molar-refractivity contribution >= 4 is 17.8 Å². The van der Waals surface area contributed by atoms with Gasteiger partial charge in [0.1, 0.15) is 12.1 Å². The van der Waals surface area contributed by atoms with Gasteiger partial charge in [-0.3, -0.25) is 14.5 Å². The third-order valence-electron chi connectivity index (χ3n) is 5.48. The van der Waals surface area contributed by atoms with Crippen LogP contribution in [0.5, 0.6) is 0 Å². The van der Waals surface area contributed by atoms with Gasteiger partial charge < -0.3 is 10.2 Å². The Bertz CT molecular complexity index is 676. The number of benzene rings is 1. The Labute approximate surface area is 148 Å². The molecule has 25 heavy (non-hydrogen) atoms. The number of urea groups is 1. The maximum Gasteiger partial charge on any atom is 0.325 e. The Morgan fingerprint density at radius 1 is 1.28 bits per heavy atom. The second-order valence-electron chi connectivity index (χ2n) is 7.18. The quantitative estimate of drug-likeness (QED) is 0.852. The van der Waals surface area contributed by atoms with Gasteiger partial charge >= 0.3 is 6.03 Å². The maximum atomic E-state index is 12.9. The fraction of sp³-hybridized carbons (Fsp3) is 0.526. The number of hydrogen-bond donors (Lipinski definition) is 1. The Balaban J connectivity index is 1.67. The minimum Gasteiger partial charge on any atom is -0.340 e. The minimum absolute atomic E-state index is 0.0971. The Morgan fingerprint density at radius 3 is 2.68 bits per heavy atom. The van der Waals surface area contributed by atoms with E-state index >= 15 is 0 Å². The van der Waals surface area contributed by atoms with E-state index in [4.69, 9.17) is 0 Å². The molecule has 2 atom stereocenters. The zero-order chi connectivity index (χ0) is 18.0. The lowest BCUT2D eigenvalue weighted by molar-refractivity contribution is -0.140. The number of nitrogens with zero attached hydrogens (tertiary/aromatic N) is 2. The van der Waals surface area contributed by atoms with Gasteiger partial charge in [-0.1, -0.05) is 50.1 Å². The highest BCUT2D eigenvalue weighted by Gasteiger charge is 2.55. The fourth-order valence-corrected chi connectivity index (χ4v) is 3.84. The SMILES string of the molecule is C[C@@H]1CCCC[C@@]12NC(=O)N(CC(=O)N(C)Cc1ccccc1)C2=O. The van der Waals surface area contributed by atoms with Crippen molar-refractivity contribution in [3.05, 3.63) is 35.9 Å². The lowest BCUT2D eigenvalue weighted by atomic mass is 9.73. The van der Waals surface area contributed by atoms with E-state index in [0.717, 1.165) is 29.7 Å². The number of rotatable bonds is 4. The molecule has 1 saturated carbocycles. The first kappa shape index (κ1) is 17.5. The average Bonchev–Trinajstić information content (AvgIpc) is 2.83. The van der Waals surface area contributed by atoms with Crippen LogP contribution in [0.15, 0.2) is 30.3 Å². The van der Waals surface area contributed by atoms with Crippen molar-refractivity contribution in [2.75, 3.05) is 13.6 Å². The summed E-state index contributed by atoms with van der Waals surface area (Å²) >= 11 is 0. The van der Waals surface area contributed by atoms with Gasteiger partial charge in [-0.15, -0.1) is 0 Å². The molecular formula is C19H25N3O3. The number of carbonyl (C=O) groups excluding carboxylic acids is 3. The van der Waals surface area contributed by atoms with Gasteiger partial charge in [-0.2, -0.15) is 0 Å². The zero-order valence-corrected chi connectivity index (χ0v) is 14.8. The highest BCUT2D eigenvalue weighted by atomic mass is 16.2. The summed E-state index contributed by atoms with van der Waals surface area (Å²) in [4.78, 5) is 40.4. The summed E-state index contributed by atoms with van der Waals surface area (Å²) in [6.45, 7) is 2.25. The van der Waals surface area contributed by atoms with Gasteiger partial charge in [0.15, 0.2) is 0 Å². The van der Waals surface area contributed by atoms with Crippen molar-refractivity contribution in [2.45, 2.75) is 44.7 Å². The molecule has 1 aromatic rings. The van der Waals surface area contributed by atoms with Crippen LogP contribution in [0.3, 0.4) is 0 Å². The number of hydrogen-bond acceptors (Lipinski definition) is 3. The molecule has 1 aliphatic heterocycles. The largest absolute Gasteiger partial charge is 0.340 e. The van der Waals surface area contributed by atoms with E-state index in [9.17, 15) is 14.4 Å². The highest BCUT2D eigenvalue weighted by Crippen LogP contribution is 2.38. The lowest BCUT2D eigenvalue weighted by Crippen LogP contribution is -2.54. The molecule has 1 heterocycles. The minimum atomic E-state index is -0.812. The third-order valence-corrected chi connectivity index (χ3v) is 5.48. The van der Waals surface area contributed by atoms with Gasteiger partial charge in [-0.05, 0) is 24.3 Å². The highest BCUT2D eigenvalue weighted by molar-refractivity contribution is 6.09. The molecule has 134 valence electrons. The van der Waals surface area contributed by atoms with Crippen LogP contribution in [0.25, 0.3) is 0 Å². The van der Waals surface area contributed by atoms with E-state index in [1.54, 1.807) is 11.9 Å². The van der Waals surface area contributed by atoms with Gasteiger partial charge in [0, 0.05) is 13.6 Å². The molecule has 2 fully saturated rings. The van der Waals surface area contributed by atoms with Crippen molar-refractivity contribution in [1.82, 2.24) is 15.1 Å². The predicted octanol–water partition coefficient (Wildman–Crippen LogP) is 2.15. The second kappa shape index (κ2) is 6.86. The van der Waals surface area contributed by atoms with E-state index in [2.05, 4.69) is 5.32 Å². The molecule has 4 amide bonds. The summed E-state index contributed by atoms with van der Waals surface area (Å²) in [5, 5.41) is 2.88. The zero-order valence-electron chi connectivity index (χ0n) is 14.8. The number of carbonyl (C=O) groups is 3. The molecule has 0 unspecified atom stereocenters. The van der Waals surface area contributed by atoms with E-state index in [-0.39, 0.29) is 24.3 Å². The van der Waals surface area contributed by atoms with E-state index in [1.165, 1.54) is 0 Å². The standard InChI is InChI=1S/C19H25N3O3/c1-14-8-6-7-11-19(14)17(24)22(18(25)20-19)13-16(23)21(2)12-15-9-4-3-5-10-15/h3-5,9-10,14H,6-8,11-13H2,1-2H3,(H,20,25)/t14-,19-/m1/s1. The van der Waals surface area contributed by atoms with Gasteiger partial charge in [0.25, 0.3) is 5.91 Å². The first-order valence-corrected chi connectivity index (χ1v) is 8.86. The smallest absolute Gasteiger partial charge is 0.325 e. The van der Waals surface area contributed by atoms with Crippen molar-refractivity contribution < 1.29 is 14.4 Å². The molecule has 1 spiro atoms. The summed E-state index contributed by atoms with van der Waals surface area (Å²) in [5.41, 5.74) is 0.195. The second-order valence-corrected chi connectivity index (χ2v) is 7.18. The van der Waals surface area contributed by atoms with Gasteiger partial charge in [0.2, 0.25) is 5.91 Å². The summed E-state index contributed by atoms with van der Waals surface area (Å²) in [7, 11) is 1.69. The molecule has 6 nitrogen and oxygen atoms in total. The molecule has 0 bridgehead atoms. The van der Waals surface area contributed by atoms with Crippen LogP contribution in [0.4, 0.5) is 4.79 Å². The summed E-state index contributed by atoms with van der Waals surface area (Å²) in [5.74, 6) is -0.390. The number of amides is 4. The van der Waals surface area contributed by atoms with Crippen molar-refractivity contribution in [2.24, 2.45) is 5.92 Å². The molecule has 1 N–H and O–H groups in total. The van der Waals surface area contributed by atoms with Crippen molar-refractivity contribution in [1.29, 1.82) is 0 Å². The summed E-state index contributed by atoms with van der Waals surface area (Å²) in [6, 6.07) is 9.19.